The maximum absolute atomic E-state index is 12.8. The summed E-state index contributed by atoms with van der Waals surface area (Å²) in [5.41, 5.74) is 6.70. The van der Waals surface area contributed by atoms with Crippen molar-refractivity contribution in [2.24, 2.45) is 0 Å². The highest BCUT2D eigenvalue weighted by Crippen LogP contribution is 2.26. The lowest BCUT2D eigenvalue weighted by atomic mass is 9.90. The number of hydrogen-bond donors (Lipinski definition) is 1. The van der Waals surface area contributed by atoms with E-state index in [1.807, 2.05) is 22.9 Å². The molecule has 0 aliphatic heterocycles. The minimum absolute atomic E-state index is 0.0163. The molecule has 0 saturated heterocycles. The molecule has 0 bridgehead atoms. The van der Waals surface area contributed by atoms with Gasteiger partial charge < -0.3 is 10.2 Å². The number of amides is 1. The van der Waals surface area contributed by atoms with Crippen LogP contribution in [-0.2, 0) is 25.9 Å². The Morgan fingerprint density at radius 3 is 2.63 bits per heavy atom. The molecule has 1 amide bonds. The van der Waals surface area contributed by atoms with Crippen LogP contribution in [0, 0.1) is 6.92 Å². The van der Waals surface area contributed by atoms with E-state index < -0.39 is 0 Å². The molecule has 0 spiro atoms. The summed E-state index contributed by atoms with van der Waals surface area (Å²) in [5.74, 6) is -0.0163. The minimum Gasteiger partial charge on any atom is -0.343 e. The second-order valence-corrected chi connectivity index (χ2v) is 8.43. The maximum atomic E-state index is 12.8. The van der Waals surface area contributed by atoms with Gasteiger partial charge in [-0.25, -0.2) is 0 Å². The van der Waals surface area contributed by atoms with Crippen molar-refractivity contribution in [1.82, 2.24) is 20.0 Å². The van der Waals surface area contributed by atoms with Gasteiger partial charge in [0.2, 0.25) is 0 Å². The molecule has 156 valence electrons. The summed E-state index contributed by atoms with van der Waals surface area (Å²) in [5, 5.41) is 8.47. The smallest absolute Gasteiger partial charge is 0.274 e. The number of aromatic nitrogens is 2. The number of nitrogens with one attached hydrogen (secondary N) is 1. The van der Waals surface area contributed by atoms with E-state index in [1.54, 1.807) is 19.0 Å². The van der Waals surface area contributed by atoms with E-state index in [-0.39, 0.29) is 5.91 Å². The summed E-state index contributed by atoms with van der Waals surface area (Å²) in [7, 11) is 3.59. The Balaban J connectivity index is 1.55. The normalized spacial score (nSPS) is 15.6. The molecular formula is C25H30N4O. The van der Waals surface area contributed by atoms with Crippen LogP contribution in [0.2, 0.25) is 0 Å². The van der Waals surface area contributed by atoms with Crippen molar-refractivity contribution in [2.75, 3.05) is 14.1 Å². The van der Waals surface area contributed by atoms with Gasteiger partial charge in [0.15, 0.2) is 5.69 Å². The molecule has 1 aliphatic rings. The van der Waals surface area contributed by atoms with Gasteiger partial charge >= 0.3 is 0 Å². The van der Waals surface area contributed by atoms with Gasteiger partial charge in [-0.1, -0.05) is 60.2 Å². The molecule has 0 saturated carbocycles. The van der Waals surface area contributed by atoms with Gasteiger partial charge in [-0.15, -0.1) is 0 Å². The molecule has 1 N–H and O–H groups in total. The molecule has 0 unspecified atom stereocenters. The Bertz CT molecular complexity index is 1020. The van der Waals surface area contributed by atoms with Gasteiger partial charge in [0.05, 0.1) is 6.54 Å². The summed E-state index contributed by atoms with van der Waals surface area (Å²) >= 11 is 0. The Kier molecular flexibility index (Phi) is 6.00. The Morgan fingerprint density at radius 2 is 1.90 bits per heavy atom. The van der Waals surface area contributed by atoms with Gasteiger partial charge in [-0.2, -0.15) is 5.10 Å². The molecule has 1 atom stereocenters. The van der Waals surface area contributed by atoms with Crippen molar-refractivity contribution in [3.63, 3.8) is 0 Å². The van der Waals surface area contributed by atoms with Crippen molar-refractivity contribution in [2.45, 2.75) is 45.3 Å². The van der Waals surface area contributed by atoms with Crippen LogP contribution in [0.1, 0.15) is 44.9 Å². The molecule has 1 aromatic heterocycles. The van der Waals surface area contributed by atoms with Crippen LogP contribution in [0.4, 0.5) is 0 Å². The first kappa shape index (κ1) is 20.4. The lowest BCUT2D eigenvalue weighted by molar-refractivity contribution is 0.0820. The molecule has 2 aromatic carbocycles. The molecule has 0 radical (unpaired) electrons. The van der Waals surface area contributed by atoms with E-state index in [9.17, 15) is 4.79 Å². The summed E-state index contributed by atoms with van der Waals surface area (Å²) in [6.07, 6.45) is 2.82. The molecule has 30 heavy (non-hydrogen) atoms. The topological polar surface area (TPSA) is 50.2 Å². The molecule has 4 rings (SSSR count). The summed E-state index contributed by atoms with van der Waals surface area (Å²) < 4.78 is 2.04. The Morgan fingerprint density at radius 1 is 1.13 bits per heavy atom. The first-order chi connectivity index (χ1) is 14.5. The van der Waals surface area contributed by atoms with Crippen LogP contribution < -0.4 is 5.32 Å². The maximum Gasteiger partial charge on any atom is 0.274 e. The number of carbonyl (C=O) groups excluding carboxylic acids is 1. The van der Waals surface area contributed by atoms with Crippen molar-refractivity contribution in [3.8, 4) is 0 Å². The van der Waals surface area contributed by atoms with Crippen LogP contribution in [-0.4, -0.2) is 40.7 Å². The predicted octanol–water partition coefficient (Wildman–Crippen LogP) is 3.59. The third-order valence-corrected chi connectivity index (χ3v) is 5.81. The molecule has 5 nitrogen and oxygen atoms in total. The first-order valence-corrected chi connectivity index (χ1v) is 10.6. The highest BCUT2D eigenvalue weighted by Gasteiger charge is 2.29. The third-order valence-electron chi connectivity index (χ3n) is 5.81. The standard InChI is InChI=1S/C25H30N4O/c1-18-8-7-11-20(14-18)16-26-21-12-13-23-22(15-21)24(25(30)28(2)3)27-29(23)17-19-9-5-4-6-10-19/h4-11,14,21,26H,12-13,15-17H2,1-3H3/t21-/m0/s1. The number of hydrogen-bond acceptors (Lipinski definition) is 3. The van der Waals surface area contributed by atoms with Crippen molar-refractivity contribution >= 4 is 5.91 Å². The number of nitrogens with zero attached hydrogens (tertiary/aromatic N) is 3. The van der Waals surface area contributed by atoms with Crippen molar-refractivity contribution in [3.05, 3.63) is 88.2 Å². The first-order valence-electron chi connectivity index (χ1n) is 10.6. The molecule has 5 heteroatoms. The van der Waals surface area contributed by atoms with Crippen LogP contribution in [0.3, 0.4) is 0 Å². The largest absolute Gasteiger partial charge is 0.343 e. The lowest BCUT2D eigenvalue weighted by Crippen LogP contribution is -2.35. The van der Waals surface area contributed by atoms with Crippen LogP contribution >= 0.6 is 0 Å². The monoisotopic (exact) mass is 402 g/mol. The predicted molar refractivity (Wildman–Crippen MR) is 120 cm³/mol. The highest BCUT2D eigenvalue weighted by atomic mass is 16.2. The lowest BCUT2D eigenvalue weighted by Gasteiger charge is -2.25. The van der Waals surface area contributed by atoms with Gasteiger partial charge in [0.25, 0.3) is 5.91 Å². The Hall–Kier alpha value is -2.92. The SMILES string of the molecule is Cc1cccc(CN[C@H]2CCc3c(c(C(=O)N(C)C)nn3Cc3ccccc3)C2)c1. The number of rotatable bonds is 6. The van der Waals surface area contributed by atoms with Gasteiger partial charge in [-0.3, -0.25) is 9.48 Å². The molecule has 1 aliphatic carbocycles. The average molecular weight is 403 g/mol. The van der Waals surface area contributed by atoms with E-state index in [1.165, 1.54) is 22.4 Å². The van der Waals surface area contributed by atoms with Crippen LogP contribution in [0.5, 0.6) is 0 Å². The fourth-order valence-electron chi connectivity index (χ4n) is 4.22. The zero-order chi connectivity index (χ0) is 21.1. The van der Waals surface area contributed by atoms with Crippen LogP contribution in [0.15, 0.2) is 54.6 Å². The number of aryl methyl sites for hydroxylation is 1. The quantitative estimate of drug-likeness (QED) is 0.686. The highest BCUT2D eigenvalue weighted by molar-refractivity contribution is 5.93. The van der Waals surface area contributed by atoms with E-state index in [2.05, 4.69) is 48.6 Å². The minimum atomic E-state index is -0.0163. The van der Waals surface area contributed by atoms with Gasteiger partial charge in [0.1, 0.15) is 0 Å². The number of fused-ring (bicyclic) bond motifs is 1. The van der Waals surface area contributed by atoms with E-state index in [4.69, 9.17) is 5.10 Å². The summed E-state index contributed by atoms with van der Waals surface area (Å²) in [6, 6.07) is 19.3. The second kappa shape index (κ2) is 8.84. The summed E-state index contributed by atoms with van der Waals surface area (Å²) in [6.45, 7) is 3.67. The van der Waals surface area contributed by atoms with E-state index in [0.29, 0.717) is 18.3 Å². The zero-order valence-corrected chi connectivity index (χ0v) is 18.1. The third kappa shape index (κ3) is 4.46. The van der Waals surface area contributed by atoms with Crippen LogP contribution in [0.25, 0.3) is 0 Å². The molecule has 1 heterocycles. The van der Waals surface area contributed by atoms with E-state index in [0.717, 1.165) is 31.4 Å². The zero-order valence-electron chi connectivity index (χ0n) is 18.1. The average Bonchev–Trinajstić information content (AvgIpc) is 3.10. The Labute approximate surface area is 178 Å². The van der Waals surface area contributed by atoms with Crippen molar-refractivity contribution in [1.29, 1.82) is 0 Å². The van der Waals surface area contributed by atoms with Gasteiger partial charge in [0, 0.05) is 37.9 Å². The van der Waals surface area contributed by atoms with Crippen molar-refractivity contribution < 1.29 is 4.79 Å². The fourth-order valence-corrected chi connectivity index (χ4v) is 4.22. The number of carbonyl (C=O) groups is 1. The van der Waals surface area contributed by atoms with E-state index >= 15 is 0 Å². The fraction of sp³-hybridized carbons (Fsp3) is 0.360. The molecule has 0 fully saturated rings. The summed E-state index contributed by atoms with van der Waals surface area (Å²) in [4.78, 5) is 14.5. The van der Waals surface area contributed by atoms with Gasteiger partial charge in [-0.05, 0) is 37.3 Å². The second-order valence-electron chi connectivity index (χ2n) is 8.43. The molecular weight excluding hydrogens is 372 g/mol. The molecule has 3 aromatic rings. The number of benzene rings is 2.